The number of amides is 1. The lowest BCUT2D eigenvalue weighted by molar-refractivity contribution is -0.152. The SMILES string of the molecule is COC(=O)C(=O)CC1CCCN1C(=O)OCc1ccccc1. The van der Waals surface area contributed by atoms with E-state index in [1.807, 2.05) is 30.3 Å². The van der Waals surface area contributed by atoms with Crippen LogP contribution in [0.2, 0.25) is 0 Å². The van der Waals surface area contributed by atoms with Gasteiger partial charge in [-0.1, -0.05) is 30.3 Å². The quantitative estimate of drug-likeness (QED) is 0.614. The van der Waals surface area contributed by atoms with Crippen molar-refractivity contribution in [3.8, 4) is 0 Å². The van der Waals surface area contributed by atoms with E-state index in [-0.39, 0.29) is 19.1 Å². The minimum absolute atomic E-state index is 0.0207. The van der Waals surface area contributed by atoms with Crippen molar-refractivity contribution < 1.29 is 23.9 Å². The summed E-state index contributed by atoms with van der Waals surface area (Å²) in [6, 6.07) is 9.08. The summed E-state index contributed by atoms with van der Waals surface area (Å²) in [5.41, 5.74) is 0.900. The predicted octanol–water partition coefficient (Wildman–Crippen LogP) is 1.92. The van der Waals surface area contributed by atoms with Crippen molar-refractivity contribution in [2.24, 2.45) is 0 Å². The van der Waals surface area contributed by atoms with Crippen LogP contribution in [-0.2, 0) is 25.7 Å². The maximum Gasteiger partial charge on any atom is 0.410 e. The van der Waals surface area contributed by atoms with E-state index in [1.54, 1.807) is 0 Å². The Morgan fingerprint density at radius 2 is 1.95 bits per heavy atom. The number of ether oxygens (including phenoxy) is 2. The first-order valence-corrected chi connectivity index (χ1v) is 7.20. The van der Waals surface area contributed by atoms with Gasteiger partial charge in [-0.2, -0.15) is 0 Å². The van der Waals surface area contributed by atoms with Crippen molar-refractivity contribution >= 4 is 17.8 Å². The highest BCUT2D eigenvalue weighted by molar-refractivity contribution is 6.33. The van der Waals surface area contributed by atoms with E-state index in [0.29, 0.717) is 13.0 Å². The molecule has 6 heteroatoms. The number of ketones is 1. The van der Waals surface area contributed by atoms with E-state index in [9.17, 15) is 14.4 Å². The number of methoxy groups -OCH3 is 1. The molecule has 118 valence electrons. The number of esters is 1. The lowest BCUT2D eigenvalue weighted by atomic mass is 10.1. The first-order valence-electron chi connectivity index (χ1n) is 7.20. The fourth-order valence-electron chi connectivity index (χ4n) is 2.50. The Labute approximate surface area is 129 Å². The van der Waals surface area contributed by atoms with Gasteiger partial charge in [-0.3, -0.25) is 4.79 Å². The fraction of sp³-hybridized carbons (Fsp3) is 0.438. The summed E-state index contributed by atoms with van der Waals surface area (Å²) in [5.74, 6) is -1.49. The van der Waals surface area contributed by atoms with Gasteiger partial charge in [0.05, 0.1) is 7.11 Å². The smallest absolute Gasteiger partial charge is 0.410 e. The maximum absolute atomic E-state index is 12.1. The number of likely N-dealkylation sites (tertiary alicyclic amines) is 1. The Balaban J connectivity index is 1.88. The third kappa shape index (κ3) is 4.07. The molecule has 1 saturated heterocycles. The predicted molar refractivity (Wildman–Crippen MR) is 78.0 cm³/mol. The number of Topliss-reactive ketones (excluding diaryl/α,β-unsaturated/α-hetero) is 1. The highest BCUT2D eigenvalue weighted by atomic mass is 16.6. The monoisotopic (exact) mass is 305 g/mol. The molecular formula is C16H19NO5. The second-order valence-corrected chi connectivity index (χ2v) is 5.15. The van der Waals surface area contributed by atoms with Crippen molar-refractivity contribution in [2.45, 2.75) is 31.9 Å². The molecule has 0 aliphatic carbocycles. The zero-order chi connectivity index (χ0) is 15.9. The van der Waals surface area contributed by atoms with Crippen molar-refractivity contribution in [1.29, 1.82) is 0 Å². The third-order valence-electron chi connectivity index (χ3n) is 3.65. The summed E-state index contributed by atoms with van der Waals surface area (Å²) >= 11 is 0. The first-order chi connectivity index (χ1) is 10.6. The molecule has 2 rings (SSSR count). The summed E-state index contributed by atoms with van der Waals surface area (Å²) < 4.78 is 9.67. The molecule has 1 aliphatic rings. The molecule has 0 spiro atoms. The molecule has 6 nitrogen and oxygen atoms in total. The summed E-state index contributed by atoms with van der Waals surface area (Å²) in [5, 5.41) is 0. The number of hydrogen-bond acceptors (Lipinski definition) is 5. The number of benzene rings is 1. The van der Waals surface area contributed by atoms with Gasteiger partial charge in [-0.15, -0.1) is 0 Å². The van der Waals surface area contributed by atoms with Crippen LogP contribution >= 0.6 is 0 Å². The van der Waals surface area contributed by atoms with Gasteiger partial charge in [0, 0.05) is 19.0 Å². The Kier molecular flexibility index (Phi) is 5.52. The van der Waals surface area contributed by atoms with Crippen molar-refractivity contribution in [2.75, 3.05) is 13.7 Å². The average Bonchev–Trinajstić information content (AvgIpc) is 3.00. The summed E-state index contributed by atoms with van der Waals surface area (Å²) in [4.78, 5) is 36.4. The van der Waals surface area contributed by atoms with Gasteiger partial charge in [-0.05, 0) is 18.4 Å². The van der Waals surface area contributed by atoms with Crippen LogP contribution in [0.4, 0.5) is 4.79 Å². The number of carbonyl (C=O) groups is 3. The van der Waals surface area contributed by atoms with Gasteiger partial charge < -0.3 is 14.4 Å². The normalized spacial score (nSPS) is 17.1. The number of rotatable bonds is 5. The molecule has 1 heterocycles. The number of carbonyl (C=O) groups excluding carboxylic acids is 3. The summed E-state index contributed by atoms with van der Waals surface area (Å²) in [6.07, 6.45) is 1.000. The van der Waals surface area contributed by atoms with E-state index in [1.165, 1.54) is 12.0 Å². The Bertz CT molecular complexity index is 543. The summed E-state index contributed by atoms with van der Waals surface area (Å²) in [7, 11) is 1.17. The highest BCUT2D eigenvalue weighted by Gasteiger charge is 2.33. The third-order valence-corrected chi connectivity index (χ3v) is 3.65. The van der Waals surface area contributed by atoms with Crippen LogP contribution in [0.3, 0.4) is 0 Å². The standard InChI is InChI=1S/C16H19NO5/c1-21-15(19)14(18)10-13-8-5-9-17(13)16(20)22-11-12-6-3-2-4-7-12/h2-4,6-7,13H,5,8-11H2,1H3. The minimum Gasteiger partial charge on any atom is -0.463 e. The van der Waals surface area contributed by atoms with E-state index >= 15 is 0 Å². The Hall–Kier alpha value is -2.37. The maximum atomic E-state index is 12.1. The summed E-state index contributed by atoms with van der Waals surface area (Å²) in [6.45, 7) is 0.723. The molecule has 1 unspecified atom stereocenters. The average molecular weight is 305 g/mol. The van der Waals surface area contributed by atoms with Crippen LogP contribution in [-0.4, -0.2) is 42.4 Å². The molecular weight excluding hydrogens is 286 g/mol. The molecule has 1 aromatic rings. The van der Waals surface area contributed by atoms with Gasteiger partial charge in [0.15, 0.2) is 0 Å². The van der Waals surface area contributed by atoms with Crippen LogP contribution in [0.5, 0.6) is 0 Å². The largest absolute Gasteiger partial charge is 0.463 e. The van der Waals surface area contributed by atoms with Crippen molar-refractivity contribution in [1.82, 2.24) is 4.90 Å². The Morgan fingerprint density at radius 3 is 2.64 bits per heavy atom. The lowest BCUT2D eigenvalue weighted by Crippen LogP contribution is -2.38. The van der Waals surface area contributed by atoms with Crippen LogP contribution in [0.15, 0.2) is 30.3 Å². The Morgan fingerprint density at radius 1 is 1.23 bits per heavy atom. The fourth-order valence-corrected chi connectivity index (χ4v) is 2.50. The van der Waals surface area contributed by atoms with Gasteiger partial charge in [0.2, 0.25) is 5.78 Å². The molecule has 1 fully saturated rings. The van der Waals surface area contributed by atoms with E-state index < -0.39 is 17.8 Å². The molecule has 0 aromatic heterocycles. The zero-order valence-electron chi connectivity index (χ0n) is 12.5. The van der Waals surface area contributed by atoms with Gasteiger partial charge >= 0.3 is 12.1 Å². The lowest BCUT2D eigenvalue weighted by Gasteiger charge is -2.23. The van der Waals surface area contributed by atoms with E-state index in [4.69, 9.17) is 4.74 Å². The first kappa shape index (κ1) is 16.0. The molecule has 1 amide bonds. The van der Waals surface area contributed by atoms with E-state index in [0.717, 1.165) is 12.0 Å². The van der Waals surface area contributed by atoms with Gasteiger partial charge in [0.25, 0.3) is 0 Å². The van der Waals surface area contributed by atoms with Crippen LogP contribution in [0.25, 0.3) is 0 Å². The molecule has 0 radical (unpaired) electrons. The molecule has 1 aliphatic heterocycles. The second-order valence-electron chi connectivity index (χ2n) is 5.15. The van der Waals surface area contributed by atoms with Crippen LogP contribution < -0.4 is 0 Å². The van der Waals surface area contributed by atoms with E-state index in [2.05, 4.69) is 4.74 Å². The second kappa shape index (κ2) is 7.59. The molecule has 1 aromatic carbocycles. The van der Waals surface area contributed by atoms with Crippen molar-refractivity contribution in [3.63, 3.8) is 0 Å². The van der Waals surface area contributed by atoms with Crippen LogP contribution in [0.1, 0.15) is 24.8 Å². The molecule has 0 bridgehead atoms. The highest BCUT2D eigenvalue weighted by Crippen LogP contribution is 2.22. The van der Waals surface area contributed by atoms with Gasteiger partial charge in [-0.25, -0.2) is 9.59 Å². The van der Waals surface area contributed by atoms with Crippen LogP contribution in [0, 0.1) is 0 Å². The topological polar surface area (TPSA) is 72.9 Å². The molecule has 22 heavy (non-hydrogen) atoms. The van der Waals surface area contributed by atoms with Crippen molar-refractivity contribution in [3.05, 3.63) is 35.9 Å². The van der Waals surface area contributed by atoms with Gasteiger partial charge in [0.1, 0.15) is 6.61 Å². The zero-order valence-corrected chi connectivity index (χ0v) is 12.5. The number of hydrogen-bond donors (Lipinski definition) is 0. The molecule has 1 atom stereocenters. The molecule has 0 saturated carbocycles. The molecule has 0 N–H and O–H groups in total. The minimum atomic E-state index is -0.871. The number of nitrogens with zero attached hydrogens (tertiary/aromatic N) is 1.